The van der Waals surface area contributed by atoms with Crippen LogP contribution in [0.2, 0.25) is 0 Å². The van der Waals surface area contributed by atoms with Crippen molar-refractivity contribution in [3.8, 4) is 0 Å². The molecule has 4 atom stereocenters. The minimum absolute atomic E-state index is 0.726. The highest BCUT2D eigenvalue weighted by Gasteiger charge is 2.50. The van der Waals surface area contributed by atoms with Crippen LogP contribution in [0.25, 0.3) is 0 Å². The summed E-state index contributed by atoms with van der Waals surface area (Å²) in [5, 5.41) is 0. The fraction of sp³-hybridized carbons (Fsp3) is 0.778. The van der Waals surface area contributed by atoms with Gasteiger partial charge in [0.05, 0.1) is 0 Å². The number of rotatable bonds is 0. The Morgan fingerprint density at radius 2 is 1.94 bits per heavy atom. The number of hydrogen-bond acceptors (Lipinski definition) is 0. The molecular weight excluding hydrogens is 216 g/mol. The quantitative estimate of drug-likeness (QED) is 0.508. The molecule has 0 aromatic carbocycles. The molecular formula is C18H26. The van der Waals surface area contributed by atoms with E-state index in [1.165, 1.54) is 57.8 Å². The van der Waals surface area contributed by atoms with E-state index in [0.717, 1.165) is 23.2 Å². The third-order valence-corrected chi connectivity index (χ3v) is 6.77. The molecule has 0 unspecified atom stereocenters. The maximum absolute atomic E-state index is 2.60. The Morgan fingerprint density at radius 3 is 2.89 bits per heavy atom. The maximum Gasteiger partial charge on any atom is -0.0133 e. The zero-order valence-electron chi connectivity index (χ0n) is 11.8. The Kier molecular flexibility index (Phi) is 2.51. The van der Waals surface area contributed by atoms with Gasteiger partial charge in [-0.2, -0.15) is 0 Å². The van der Waals surface area contributed by atoms with Gasteiger partial charge in [-0.3, -0.25) is 0 Å². The van der Waals surface area contributed by atoms with Gasteiger partial charge in [0.1, 0.15) is 0 Å². The van der Waals surface area contributed by atoms with Gasteiger partial charge in [-0.25, -0.2) is 0 Å². The monoisotopic (exact) mass is 242 g/mol. The van der Waals surface area contributed by atoms with Crippen molar-refractivity contribution in [3.63, 3.8) is 0 Å². The molecule has 0 aromatic heterocycles. The summed E-state index contributed by atoms with van der Waals surface area (Å²) in [7, 11) is 0. The molecule has 0 nitrogen and oxygen atoms in total. The molecule has 0 radical (unpaired) electrons. The van der Waals surface area contributed by atoms with Crippen LogP contribution in [-0.4, -0.2) is 0 Å². The van der Waals surface area contributed by atoms with Gasteiger partial charge in [0.15, 0.2) is 0 Å². The summed E-state index contributed by atoms with van der Waals surface area (Å²) >= 11 is 0. The molecule has 0 saturated heterocycles. The van der Waals surface area contributed by atoms with E-state index in [1.54, 1.807) is 0 Å². The predicted molar refractivity (Wildman–Crippen MR) is 76.3 cm³/mol. The fourth-order valence-electron chi connectivity index (χ4n) is 5.84. The van der Waals surface area contributed by atoms with E-state index in [1.807, 2.05) is 11.1 Å². The summed E-state index contributed by atoms with van der Waals surface area (Å²) in [6.45, 7) is 2.60. The molecule has 4 aliphatic rings. The highest BCUT2D eigenvalue weighted by molar-refractivity contribution is 5.30. The second kappa shape index (κ2) is 3.99. The van der Waals surface area contributed by atoms with Crippen molar-refractivity contribution in [2.75, 3.05) is 0 Å². The molecule has 2 saturated carbocycles. The third kappa shape index (κ3) is 1.50. The second-order valence-electron chi connectivity index (χ2n) is 7.51. The molecule has 0 aliphatic heterocycles. The van der Waals surface area contributed by atoms with E-state index in [9.17, 15) is 0 Å². The van der Waals surface area contributed by atoms with Crippen LogP contribution in [0, 0.1) is 23.2 Å². The van der Waals surface area contributed by atoms with Gasteiger partial charge in [0.25, 0.3) is 0 Å². The lowest BCUT2D eigenvalue weighted by molar-refractivity contribution is 0.0428. The molecule has 0 heterocycles. The second-order valence-corrected chi connectivity index (χ2v) is 7.51. The van der Waals surface area contributed by atoms with Crippen LogP contribution >= 0.6 is 0 Å². The Balaban J connectivity index is 1.66. The van der Waals surface area contributed by atoms with Crippen LogP contribution in [0.5, 0.6) is 0 Å². The van der Waals surface area contributed by atoms with Crippen molar-refractivity contribution < 1.29 is 0 Å². The largest absolute Gasteiger partial charge is 0.0841 e. The average molecular weight is 242 g/mol. The van der Waals surface area contributed by atoms with E-state index in [-0.39, 0.29) is 0 Å². The fourth-order valence-corrected chi connectivity index (χ4v) is 5.84. The van der Waals surface area contributed by atoms with E-state index in [0.29, 0.717) is 0 Å². The molecule has 4 aliphatic carbocycles. The summed E-state index contributed by atoms with van der Waals surface area (Å²) in [6, 6.07) is 0. The van der Waals surface area contributed by atoms with Gasteiger partial charge in [-0.15, -0.1) is 0 Å². The molecule has 98 valence electrons. The molecule has 2 fully saturated rings. The van der Waals surface area contributed by atoms with Crippen LogP contribution in [0.3, 0.4) is 0 Å². The first kappa shape index (κ1) is 11.3. The van der Waals surface area contributed by atoms with Crippen LogP contribution in [0.4, 0.5) is 0 Å². The van der Waals surface area contributed by atoms with Crippen LogP contribution < -0.4 is 0 Å². The van der Waals surface area contributed by atoms with Crippen LogP contribution in [-0.2, 0) is 0 Å². The van der Waals surface area contributed by atoms with Crippen molar-refractivity contribution in [2.45, 2.75) is 64.7 Å². The van der Waals surface area contributed by atoms with Crippen molar-refractivity contribution >= 4 is 0 Å². The topological polar surface area (TPSA) is 0 Å². The molecule has 0 spiro atoms. The van der Waals surface area contributed by atoms with Gasteiger partial charge in [-0.1, -0.05) is 36.6 Å². The molecule has 4 rings (SSSR count). The summed E-state index contributed by atoms with van der Waals surface area (Å²) in [4.78, 5) is 0. The van der Waals surface area contributed by atoms with E-state index < -0.39 is 0 Å². The zero-order chi connectivity index (χ0) is 12.2. The van der Waals surface area contributed by atoms with Gasteiger partial charge in [0.2, 0.25) is 0 Å². The minimum atomic E-state index is 0.726. The lowest BCUT2D eigenvalue weighted by Gasteiger charge is -2.50. The first-order chi connectivity index (χ1) is 8.78. The Bertz CT molecular complexity index is 414. The van der Waals surface area contributed by atoms with Crippen molar-refractivity contribution in [1.29, 1.82) is 0 Å². The highest BCUT2D eigenvalue weighted by Crippen LogP contribution is 2.60. The third-order valence-electron chi connectivity index (χ3n) is 6.77. The molecule has 0 N–H and O–H groups in total. The predicted octanol–water partition coefficient (Wildman–Crippen LogP) is 5.26. The Morgan fingerprint density at radius 1 is 1.06 bits per heavy atom. The molecule has 0 amide bonds. The van der Waals surface area contributed by atoms with Crippen LogP contribution in [0.15, 0.2) is 23.3 Å². The summed E-state index contributed by atoms with van der Waals surface area (Å²) < 4.78 is 0. The minimum Gasteiger partial charge on any atom is -0.0841 e. The van der Waals surface area contributed by atoms with Crippen molar-refractivity contribution in [3.05, 3.63) is 23.3 Å². The highest BCUT2D eigenvalue weighted by atomic mass is 14.5. The summed E-state index contributed by atoms with van der Waals surface area (Å²) in [5.41, 5.74) is 4.45. The summed E-state index contributed by atoms with van der Waals surface area (Å²) in [6.07, 6.45) is 17.9. The van der Waals surface area contributed by atoms with Gasteiger partial charge in [-0.05, 0) is 74.5 Å². The van der Waals surface area contributed by atoms with E-state index >= 15 is 0 Å². The molecule has 18 heavy (non-hydrogen) atoms. The summed E-state index contributed by atoms with van der Waals surface area (Å²) in [5.74, 6) is 3.10. The van der Waals surface area contributed by atoms with Gasteiger partial charge in [0, 0.05) is 0 Å². The van der Waals surface area contributed by atoms with E-state index in [4.69, 9.17) is 0 Å². The number of hydrogen-bond donors (Lipinski definition) is 0. The van der Waals surface area contributed by atoms with E-state index in [2.05, 4.69) is 19.1 Å². The first-order valence-electron chi connectivity index (χ1n) is 8.14. The number of allylic oxidation sites excluding steroid dienone is 4. The zero-order valence-corrected chi connectivity index (χ0v) is 11.8. The Labute approximate surface area is 112 Å². The van der Waals surface area contributed by atoms with Gasteiger partial charge < -0.3 is 0 Å². The molecule has 0 heteroatoms. The lowest BCUT2D eigenvalue weighted by Crippen LogP contribution is -2.41. The number of fused-ring (bicyclic) bond motifs is 4. The standard InChI is InChI=1S/C18H26/c1-18-11-4-7-17(18)16-9-8-13-5-2-3-6-14(13)15(16)10-12-18/h2-3,15-17H,4-12H2,1H3/t15-,16-,17+,18+/m1/s1. The van der Waals surface area contributed by atoms with Crippen LogP contribution in [0.1, 0.15) is 64.7 Å². The Hall–Kier alpha value is -0.520. The lowest BCUT2D eigenvalue weighted by atomic mass is 9.55. The molecule has 0 aromatic rings. The SMILES string of the molecule is C[C@@]12CCC[C@H]1[C@@H]1CCC3=C(CC=CC3)[C@H]1CC2. The van der Waals surface area contributed by atoms with Gasteiger partial charge >= 0.3 is 0 Å². The maximum atomic E-state index is 2.60. The van der Waals surface area contributed by atoms with Crippen molar-refractivity contribution in [1.82, 2.24) is 0 Å². The normalized spacial score (nSPS) is 46.6. The smallest absolute Gasteiger partial charge is 0.0133 e. The van der Waals surface area contributed by atoms with Crippen molar-refractivity contribution in [2.24, 2.45) is 23.2 Å². The molecule has 0 bridgehead atoms. The first-order valence-corrected chi connectivity index (χ1v) is 8.14. The average Bonchev–Trinajstić information content (AvgIpc) is 2.80.